The van der Waals surface area contributed by atoms with Gasteiger partial charge in [-0.2, -0.15) is 13.2 Å². The van der Waals surface area contributed by atoms with E-state index in [-0.39, 0.29) is 24.1 Å². The molecule has 0 aliphatic heterocycles. The van der Waals surface area contributed by atoms with E-state index < -0.39 is 39.7 Å². The maximum atomic E-state index is 12.7. The number of aromatic nitrogens is 1. The molecule has 4 N–H and O–H groups in total. The number of fused-ring (bicyclic) bond motifs is 1. The number of nitrogens with zero attached hydrogens (tertiary/aromatic N) is 1. The van der Waals surface area contributed by atoms with Crippen LogP contribution in [-0.2, 0) is 21.2 Å². The van der Waals surface area contributed by atoms with E-state index in [9.17, 15) is 36.3 Å². The SMILES string of the molecule is CCN(CC)C(=O)c1ccc2c(C[C@@H](C)NC[C@H](O)c3ccc(OC(=O)C(F)(F)F)c(NS(C)(=O)=O)c3)c[nH]c2c1. The summed E-state index contributed by atoms with van der Waals surface area (Å²) in [5.41, 5.74) is 2.16. The number of aliphatic hydroxyl groups excluding tert-OH is 1. The minimum atomic E-state index is -5.28. The molecular formula is C27H33F3N4O6S. The Labute approximate surface area is 235 Å². The molecule has 0 saturated heterocycles. The van der Waals surface area contributed by atoms with Crippen molar-refractivity contribution in [2.75, 3.05) is 30.6 Å². The van der Waals surface area contributed by atoms with Crippen molar-refractivity contribution in [3.63, 3.8) is 0 Å². The number of nitrogens with one attached hydrogen (secondary N) is 3. The molecule has 0 unspecified atom stereocenters. The van der Waals surface area contributed by atoms with Crippen LogP contribution in [0, 0.1) is 0 Å². The summed E-state index contributed by atoms with van der Waals surface area (Å²) >= 11 is 0. The van der Waals surface area contributed by atoms with Gasteiger partial charge in [0, 0.05) is 48.3 Å². The molecule has 14 heteroatoms. The Hall–Kier alpha value is -3.62. The number of carbonyl (C=O) groups excluding carboxylic acids is 2. The summed E-state index contributed by atoms with van der Waals surface area (Å²) in [6.07, 6.45) is -3.24. The molecule has 224 valence electrons. The Bertz CT molecular complexity index is 1500. The number of carbonyl (C=O) groups is 2. The number of hydrogen-bond acceptors (Lipinski definition) is 7. The number of alkyl halides is 3. The van der Waals surface area contributed by atoms with Crippen molar-refractivity contribution in [1.82, 2.24) is 15.2 Å². The maximum Gasteiger partial charge on any atom is 0.491 e. The molecule has 3 rings (SSSR count). The number of hydrogen-bond donors (Lipinski definition) is 4. The van der Waals surface area contributed by atoms with Gasteiger partial charge < -0.3 is 25.0 Å². The zero-order valence-corrected chi connectivity index (χ0v) is 23.8. The normalized spacial score (nSPS) is 13.6. The second-order valence-corrected chi connectivity index (χ2v) is 11.3. The average molecular weight is 599 g/mol. The zero-order valence-electron chi connectivity index (χ0n) is 23.0. The lowest BCUT2D eigenvalue weighted by Gasteiger charge is -2.19. The number of aromatic amines is 1. The van der Waals surface area contributed by atoms with Crippen LogP contribution < -0.4 is 14.8 Å². The molecule has 0 aliphatic rings. The van der Waals surface area contributed by atoms with Gasteiger partial charge in [0.15, 0.2) is 5.75 Å². The van der Waals surface area contributed by atoms with Gasteiger partial charge in [0.25, 0.3) is 5.91 Å². The number of ether oxygens (including phenoxy) is 1. The molecule has 2 atom stereocenters. The van der Waals surface area contributed by atoms with Gasteiger partial charge in [0.1, 0.15) is 0 Å². The number of amides is 1. The van der Waals surface area contributed by atoms with E-state index in [4.69, 9.17) is 0 Å². The third-order valence-electron chi connectivity index (χ3n) is 6.37. The Morgan fingerprint density at radius 2 is 1.80 bits per heavy atom. The van der Waals surface area contributed by atoms with Gasteiger partial charge in [-0.05, 0) is 62.6 Å². The molecule has 0 radical (unpaired) electrons. The molecule has 1 heterocycles. The summed E-state index contributed by atoms with van der Waals surface area (Å²) in [7, 11) is -3.94. The highest BCUT2D eigenvalue weighted by Gasteiger charge is 2.41. The third kappa shape index (κ3) is 8.44. The molecule has 3 aromatic rings. The van der Waals surface area contributed by atoms with E-state index in [1.165, 1.54) is 6.07 Å². The van der Waals surface area contributed by atoms with Crippen LogP contribution in [0.2, 0.25) is 0 Å². The molecule has 0 aliphatic carbocycles. The fourth-order valence-corrected chi connectivity index (χ4v) is 4.85. The van der Waals surface area contributed by atoms with Gasteiger partial charge in [-0.1, -0.05) is 12.1 Å². The predicted molar refractivity (Wildman–Crippen MR) is 148 cm³/mol. The lowest BCUT2D eigenvalue weighted by atomic mass is 10.0. The number of aliphatic hydroxyl groups is 1. The highest BCUT2D eigenvalue weighted by Crippen LogP contribution is 2.31. The topological polar surface area (TPSA) is 141 Å². The number of rotatable bonds is 12. The Kier molecular flexibility index (Phi) is 10.0. The standard InChI is InChI=1S/C27H33F3N4O6S/c1-5-34(6-2)25(36)18-7-9-20-19(14-32-21(20)13-18)11-16(3)31-15-23(35)17-8-10-24(40-26(37)27(28,29)30)22(12-17)33-41(4,38)39/h7-10,12-14,16,23,31-33,35H,5-6,11,15H2,1-4H3/t16-,23+/m1/s1. The van der Waals surface area contributed by atoms with Crippen molar-refractivity contribution in [3.8, 4) is 5.75 Å². The number of halogens is 3. The number of sulfonamides is 1. The molecular weight excluding hydrogens is 565 g/mol. The highest BCUT2D eigenvalue weighted by atomic mass is 32.2. The summed E-state index contributed by atoms with van der Waals surface area (Å²) in [5, 5.41) is 14.8. The minimum absolute atomic E-state index is 0.0338. The van der Waals surface area contributed by atoms with E-state index in [2.05, 4.69) is 15.0 Å². The van der Waals surface area contributed by atoms with Crippen LogP contribution in [0.4, 0.5) is 18.9 Å². The van der Waals surface area contributed by atoms with Crippen LogP contribution in [0.5, 0.6) is 5.75 Å². The van der Waals surface area contributed by atoms with Crippen LogP contribution in [0.15, 0.2) is 42.6 Å². The van der Waals surface area contributed by atoms with Gasteiger partial charge in [-0.25, -0.2) is 13.2 Å². The van der Waals surface area contributed by atoms with Crippen LogP contribution in [0.25, 0.3) is 10.9 Å². The first-order valence-corrected chi connectivity index (χ1v) is 14.7. The van der Waals surface area contributed by atoms with Gasteiger partial charge in [0.2, 0.25) is 10.0 Å². The van der Waals surface area contributed by atoms with E-state index in [1.807, 2.05) is 43.8 Å². The number of benzene rings is 2. The van der Waals surface area contributed by atoms with Crippen LogP contribution in [0.1, 0.15) is 48.4 Å². The molecule has 41 heavy (non-hydrogen) atoms. The summed E-state index contributed by atoms with van der Waals surface area (Å²) in [6, 6.07) is 8.70. The first-order chi connectivity index (χ1) is 19.1. The van der Waals surface area contributed by atoms with Gasteiger partial charge >= 0.3 is 12.1 Å². The fourth-order valence-electron chi connectivity index (χ4n) is 4.30. The number of H-pyrrole nitrogens is 1. The quantitative estimate of drug-likeness (QED) is 0.184. The number of esters is 1. The van der Waals surface area contributed by atoms with Gasteiger partial charge in [-0.3, -0.25) is 9.52 Å². The molecule has 0 spiro atoms. The third-order valence-corrected chi connectivity index (χ3v) is 6.96. The van der Waals surface area contributed by atoms with Crippen molar-refractivity contribution < 1.29 is 41.0 Å². The van der Waals surface area contributed by atoms with Crippen molar-refractivity contribution in [2.24, 2.45) is 0 Å². The molecule has 0 bridgehead atoms. The molecule has 0 saturated carbocycles. The Morgan fingerprint density at radius 3 is 2.41 bits per heavy atom. The molecule has 2 aromatic carbocycles. The molecule has 1 aromatic heterocycles. The summed E-state index contributed by atoms with van der Waals surface area (Å²) < 4.78 is 67.7. The average Bonchev–Trinajstić information content (AvgIpc) is 3.29. The molecule has 10 nitrogen and oxygen atoms in total. The minimum Gasteiger partial charge on any atom is -0.418 e. The Morgan fingerprint density at radius 1 is 1.12 bits per heavy atom. The zero-order chi connectivity index (χ0) is 30.5. The van der Waals surface area contributed by atoms with Crippen LogP contribution in [0.3, 0.4) is 0 Å². The van der Waals surface area contributed by atoms with Gasteiger partial charge in [0.05, 0.1) is 18.0 Å². The van der Waals surface area contributed by atoms with Crippen molar-refractivity contribution in [3.05, 3.63) is 59.3 Å². The second-order valence-electron chi connectivity index (χ2n) is 9.60. The first kappa shape index (κ1) is 31.9. The Balaban J connectivity index is 1.68. The largest absolute Gasteiger partial charge is 0.491 e. The van der Waals surface area contributed by atoms with Crippen molar-refractivity contribution in [1.29, 1.82) is 0 Å². The summed E-state index contributed by atoms with van der Waals surface area (Å²) in [5.74, 6) is -3.21. The molecule has 1 amide bonds. The number of anilines is 1. The smallest absolute Gasteiger partial charge is 0.418 e. The van der Waals surface area contributed by atoms with E-state index in [0.29, 0.717) is 25.1 Å². The van der Waals surface area contributed by atoms with Crippen molar-refractivity contribution >= 4 is 38.5 Å². The summed E-state index contributed by atoms with van der Waals surface area (Å²) in [6.45, 7) is 7.01. The molecule has 0 fully saturated rings. The predicted octanol–water partition coefficient (Wildman–Crippen LogP) is 3.74. The first-order valence-electron chi connectivity index (χ1n) is 12.8. The van der Waals surface area contributed by atoms with E-state index in [0.717, 1.165) is 34.9 Å². The maximum absolute atomic E-state index is 12.7. The van der Waals surface area contributed by atoms with Crippen LogP contribution in [-0.4, -0.2) is 73.4 Å². The fraction of sp³-hybridized carbons (Fsp3) is 0.407. The van der Waals surface area contributed by atoms with Crippen LogP contribution >= 0.6 is 0 Å². The summed E-state index contributed by atoms with van der Waals surface area (Å²) in [4.78, 5) is 28.9. The van der Waals surface area contributed by atoms with E-state index >= 15 is 0 Å². The monoisotopic (exact) mass is 598 g/mol. The van der Waals surface area contributed by atoms with Crippen molar-refractivity contribution in [2.45, 2.75) is 45.5 Å². The highest BCUT2D eigenvalue weighted by molar-refractivity contribution is 7.92. The lowest BCUT2D eigenvalue weighted by molar-refractivity contribution is -0.189. The second kappa shape index (κ2) is 12.9. The van der Waals surface area contributed by atoms with Gasteiger partial charge in [-0.15, -0.1) is 0 Å². The lowest BCUT2D eigenvalue weighted by Crippen LogP contribution is -2.32. The van der Waals surface area contributed by atoms with E-state index in [1.54, 1.807) is 11.0 Å².